The Morgan fingerprint density at radius 3 is 2.65 bits per heavy atom. The molecule has 3 N–H and O–H groups in total. The monoisotopic (exact) mass is 271 g/mol. The third-order valence-electron chi connectivity index (χ3n) is 4.01. The van der Waals surface area contributed by atoms with Gasteiger partial charge in [0.2, 0.25) is 0 Å². The fraction of sp³-hybridized carbons (Fsp3) is 0.438. The first-order chi connectivity index (χ1) is 9.88. The van der Waals surface area contributed by atoms with Crippen molar-refractivity contribution in [3.8, 4) is 0 Å². The van der Waals surface area contributed by atoms with Crippen molar-refractivity contribution in [2.75, 3.05) is 0 Å². The van der Waals surface area contributed by atoms with E-state index in [4.69, 9.17) is 15.3 Å². The van der Waals surface area contributed by atoms with Crippen molar-refractivity contribution in [3.63, 3.8) is 0 Å². The van der Waals surface area contributed by atoms with Gasteiger partial charge in [-0.05, 0) is 18.9 Å². The Morgan fingerprint density at radius 2 is 1.90 bits per heavy atom. The Morgan fingerprint density at radius 1 is 1.15 bits per heavy atom. The summed E-state index contributed by atoms with van der Waals surface area (Å²) in [6.45, 7) is 0. The van der Waals surface area contributed by atoms with Crippen molar-refractivity contribution in [1.82, 2.24) is 5.43 Å². The molecular formula is C16H21N3O. The molecule has 1 saturated carbocycles. The van der Waals surface area contributed by atoms with Crippen molar-refractivity contribution >= 4 is 16.8 Å². The van der Waals surface area contributed by atoms with Crippen LogP contribution in [-0.4, -0.2) is 11.9 Å². The molecule has 0 unspecified atom stereocenters. The van der Waals surface area contributed by atoms with E-state index in [-0.39, 0.29) is 0 Å². The molecule has 0 aliphatic heterocycles. The lowest BCUT2D eigenvalue weighted by atomic mass is 10.1. The molecule has 1 aliphatic rings. The second-order valence-corrected chi connectivity index (χ2v) is 5.41. The largest absolute Gasteiger partial charge is 0.464 e. The predicted molar refractivity (Wildman–Crippen MR) is 81.6 cm³/mol. The SMILES string of the molecule is NNC(=NC1CCCCCC1)c1coc2ccccc12. The Bertz CT molecular complexity index is 595. The van der Waals surface area contributed by atoms with Crippen LogP contribution >= 0.6 is 0 Å². The van der Waals surface area contributed by atoms with Crippen molar-refractivity contribution in [2.24, 2.45) is 10.8 Å². The van der Waals surface area contributed by atoms with Gasteiger partial charge in [0.25, 0.3) is 0 Å². The molecule has 1 aromatic carbocycles. The molecule has 0 spiro atoms. The molecule has 1 heterocycles. The average molecular weight is 271 g/mol. The lowest BCUT2D eigenvalue weighted by molar-refractivity contribution is 0.582. The lowest BCUT2D eigenvalue weighted by Gasteiger charge is -2.11. The predicted octanol–water partition coefficient (Wildman–Crippen LogP) is 3.37. The Labute approximate surface area is 119 Å². The molecule has 1 aromatic heterocycles. The van der Waals surface area contributed by atoms with E-state index in [1.54, 1.807) is 6.26 Å². The molecule has 0 radical (unpaired) electrons. The van der Waals surface area contributed by atoms with E-state index in [1.165, 1.54) is 25.7 Å². The zero-order chi connectivity index (χ0) is 13.8. The first-order valence-electron chi connectivity index (χ1n) is 7.39. The van der Waals surface area contributed by atoms with Crippen LogP contribution in [0.5, 0.6) is 0 Å². The van der Waals surface area contributed by atoms with Gasteiger partial charge < -0.3 is 9.84 Å². The average Bonchev–Trinajstić information content (AvgIpc) is 2.74. The maximum Gasteiger partial charge on any atom is 0.146 e. The van der Waals surface area contributed by atoms with Crippen LogP contribution in [0.3, 0.4) is 0 Å². The molecule has 106 valence electrons. The fourth-order valence-corrected chi connectivity index (χ4v) is 2.92. The minimum absolute atomic E-state index is 0.372. The van der Waals surface area contributed by atoms with Gasteiger partial charge in [-0.2, -0.15) is 0 Å². The molecule has 0 atom stereocenters. The van der Waals surface area contributed by atoms with Crippen molar-refractivity contribution in [1.29, 1.82) is 0 Å². The number of hydrogen-bond donors (Lipinski definition) is 2. The summed E-state index contributed by atoms with van der Waals surface area (Å²) in [7, 11) is 0. The van der Waals surface area contributed by atoms with Crippen LogP contribution in [0.15, 0.2) is 39.9 Å². The molecule has 4 nitrogen and oxygen atoms in total. The summed E-state index contributed by atoms with van der Waals surface area (Å²) in [6, 6.07) is 8.33. The summed E-state index contributed by atoms with van der Waals surface area (Å²) in [5.74, 6) is 6.43. The number of benzene rings is 1. The van der Waals surface area contributed by atoms with Crippen LogP contribution < -0.4 is 11.3 Å². The van der Waals surface area contributed by atoms with Gasteiger partial charge in [0.1, 0.15) is 17.7 Å². The number of fused-ring (bicyclic) bond motifs is 1. The molecule has 0 bridgehead atoms. The number of nitrogens with zero attached hydrogens (tertiary/aromatic N) is 1. The minimum atomic E-state index is 0.372. The van der Waals surface area contributed by atoms with Crippen molar-refractivity contribution < 1.29 is 4.42 Å². The molecule has 3 rings (SSSR count). The lowest BCUT2D eigenvalue weighted by Crippen LogP contribution is -2.32. The van der Waals surface area contributed by atoms with Crippen LogP contribution in [-0.2, 0) is 0 Å². The number of amidine groups is 1. The highest BCUT2D eigenvalue weighted by atomic mass is 16.3. The number of rotatable bonds is 2. The number of nitrogens with two attached hydrogens (primary N) is 1. The van der Waals surface area contributed by atoms with E-state index < -0.39 is 0 Å². The second-order valence-electron chi connectivity index (χ2n) is 5.41. The Balaban J connectivity index is 1.92. The van der Waals surface area contributed by atoms with Crippen molar-refractivity contribution in [2.45, 2.75) is 44.6 Å². The highest BCUT2D eigenvalue weighted by Gasteiger charge is 2.15. The van der Waals surface area contributed by atoms with Gasteiger partial charge in [-0.25, -0.2) is 5.84 Å². The molecule has 1 fully saturated rings. The maximum atomic E-state index is 5.69. The Hall–Kier alpha value is -1.81. The third kappa shape index (κ3) is 2.70. The van der Waals surface area contributed by atoms with Crippen LogP contribution in [0.25, 0.3) is 11.0 Å². The first kappa shape index (κ1) is 13.2. The summed E-state index contributed by atoms with van der Waals surface area (Å²) < 4.78 is 5.57. The Kier molecular flexibility index (Phi) is 4.02. The molecule has 2 aromatic rings. The van der Waals surface area contributed by atoms with E-state index in [0.717, 1.165) is 35.2 Å². The molecule has 4 heteroatoms. The van der Waals surface area contributed by atoms with Crippen LogP contribution in [0.1, 0.15) is 44.1 Å². The van der Waals surface area contributed by atoms with Gasteiger partial charge in [-0.15, -0.1) is 0 Å². The molecular weight excluding hydrogens is 250 g/mol. The van der Waals surface area contributed by atoms with Crippen LogP contribution in [0, 0.1) is 0 Å². The zero-order valence-electron chi connectivity index (χ0n) is 11.6. The number of hydrazine groups is 1. The standard InChI is InChI=1S/C16H21N3O/c17-19-16(18-12-7-3-1-2-4-8-12)14-11-20-15-10-6-5-9-13(14)15/h5-6,9-12H,1-4,7-8,17H2,(H,18,19). The number of hydrogen-bond acceptors (Lipinski definition) is 3. The van der Waals surface area contributed by atoms with Gasteiger partial charge in [-0.1, -0.05) is 43.9 Å². The van der Waals surface area contributed by atoms with Gasteiger partial charge in [0.05, 0.1) is 11.6 Å². The normalized spacial score (nSPS) is 18.1. The summed E-state index contributed by atoms with van der Waals surface area (Å²) in [4.78, 5) is 4.83. The summed E-state index contributed by atoms with van der Waals surface area (Å²) in [5.41, 5.74) is 4.57. The summed E-state index contributed by atoms with van der Waals surface area (Å²) >= 11 is 0. The smallest absolute Gasteiger partial charge is 0.146 e. The van der Waals surface area contributed by atoms with Crippen molar-refractivity contribution in [3.05, 3.63) is 36.1 Å². The van der Waals surface area contributed by atoms with E-state index in [9.17, 15) is 0 Å². The van der Waals surface area contributed by atoms with Gasteiger partial charge in [0, 0.05) is 5.39 Å². The number of furan rings is 1. The van der Waals surface area contributed by atoms with E-state index in [2.05, 4.69) is 5.43 Å². The van der Waals surface area contributed by atoms with Gasteiger partial charge in [-0.3, -0.25) is 4.99 Å². The highest BCUT2D eigenvalue weighted by Crippen LogP contribution is 2.23. The molecule has 1 aliphatic carbocycles. The van der Waals surface area contributed by atoms with E-state index >= 15 is 0 Å². The van der Waals surface area contributed by atoms with Gasteiger partial charge >= 0.3 is 0 Å². The number of nitrogens with one attached hydrogen (secondary N) is 1. The van der Waals surface area contributed by atoms with Gasteiger partial charge in [0.15, 0.2) is 0 Å². The summed E-state index contributed by atoms with van der Waals surface area (Å²) in [6.07, 6.45) is 9.22. The van der Waals surface area contributed by atoms with E-state index in [1.807, 2.05) is 24.3 Å². The molecule has 0 saturated heterocycles. The van der Waals surface area contributed by atoms with E-state index in [0.29, 0.717) is 6.04 Å². The quantitative estimate of drug-likeness (QED) is 0.289. The minimum Gasteiger partial charge on any atom is -0.464 e. The topological polar surface area (TPSA) is 63.5 Å². The fourth-order valence-electron chi connectivity index (χ4n) is 2.92. The maximum absolute atomic E-state index is 5.69. The second kappa shape index (κ2) is 6.09. The number of para-hydroxylation sites is 1. The summed E-state index contributed by atoms with van der Waals surface area (Å²) in [5, 5.41) is 1.05. The first-order valence-corrected chi connectivity index (χ1v) is 7.39. The van der Waals surface area contributed by atoms with Crippen LogP contribution in [0.2, 0.25) is 0 Å². The van der Waals surface area contributed by atoms with Crippen LogP contribution in [0.4, 0.5) is 0 Å². The number of aliphatic imine (C=N–C) groups is 1. The molecule has 20 heavy (non-hydrogen) atoms. The molecule has 0 amide bonds. The third-order valence-corrected chi connectivity index (χ3v) is 4.01. The highest BCUT2D eigenvalue weighted by molar-refractivity contribution is 6.08. The zero-order valence-corrected chi connectivity index (χ0v) is 11.6.